The highest BCUT2D eigenvalue weighted by molar-refractivity contribution is 6.05. The van der Waals surface area contributed by atoms with E-state index in [0.717, 1.165) is 24.0 Å². The molecule has 140 valence electrons. The molecule has 0 radical (unpaired) electrons. The van der Waals surface area contributed by atoms with E-state index in [9.17, 15) is 14.0 Å². The highest BCUT2D eigenvalue weighted by Gasteiger charge is 2.29. The average Bonchev–Trinajstić information content (AvgIpc) is 3.54. The van der Waals surface area contributed by atoms with E-state index in [1.54, 1.807) is 30.5 Å². The van der Waals surface area contributed by atoms with Gasteiger partial charge < -0.3 is 10.6 Å². The van der Waals surface area contributed by atoms with E-state index in [4.69, 9.17) is 0 Å². The van der Waals surface area contributed by atoms with Gasteiger partial charge >= 0.3 is 0 Å². The predicted molar refractivity (Wildman–Crippen MR) is 103 cm³/mol. The Morgan fingerprint density at radius 3 is 2.50 bits per heavy atom. The lowest BCUT2D eigenvalue weighted by atomic mass is 10.1. The number of benzene rings is 1. The second-order valence-corrected chi connectivity index (χ2v) is 6.62. The first-order valence-corrected chi connectivity index (χ1v) is 8.88. The van der Waals surface area contributed by atoms with Gasteiger partial charge in [-0.3, -0.25) is 14.6 Å². The van der Waals surface area contributed by atoms with Crippen LogP contribution in [0.4, 0.5) is 15.9 Å². The molecule has 4 rings (SSSR count). The summed E-state index contributed by atoms with van der Waals surface area (Å²) in [7, 11) is 0. The summed E-state index contributed by atoms with van der Waals surface area (Å²) < 4.78 is 13.1. The van der Waals surface area contributed by atoms with Crippen LogP contribution >= 0.6 is 0 Å². The molecule has 2 heterocycles. The summed E-state index contributed by atoms with van der Waals surface area (Å²) in [5, 5.41) is 5.50. The van der Waals surface area contributed by atoms with Gasteiger partial charge in [-0.2, -0.15) is 0 Å². The van der Waals surface area contributed by atoms with Crippen molar-refractivity contribution in [2.45, 2.75) is 12.8 Å². The zero-order valence-electron chi connectivity index (χ0n) is 14.9. The molecule has 0 spiro atoms. The predicted octanol–water partition coefficient (Wildman–Crippen LogP) is 3.88. The van der Waals surface area contributed by atoms with Crippen LogP contribution in [0.15, 0.2) is 61.1 Å². The highest BCUT2D eigenvalue weighted by atomic mass is 19.1. The number of aromatic nitrogens is 2. The van der Waals surface area contributed by atoms with Gasteiger partial charge in [0.15, 0.2) is 0 Å². The minimum absolute atomic E-state index is 0.0551. The lowest BCUT2D eigenvalue weighted by Crippen LogP contribution is -2.16. The molecule has 1 aromatic carbocycles. The Morgan fingerprint density at radius 2 is 1.75 bits per heavy atom. The zero-order chi connectivity index (χ0) is 19.5. The fourth-order valence-corrected chi connectivity index (χ4v) is 2.73. The first kappa shape index (κ1) is 17.8. The van der Waals surface area contributed by atoms with Gasteiger partial charge in [0.05, 0.1) is 11.9 Å². The fourth-order valence-electron chi connectivity index (χ4n) is 2.73. The number of rotatable bonds is 5. The van der Waals surface area contributed by atoms with Crippen molar-refractivity contribution in [1.82, 2.24) is 9.97 Å². The molecule has 2 aromatic heterocycles. The Morgan fingerprint density at radius 1 is 0.964 bits per heavy atom. The first-order valence-electron chi connectivity index (χ1n) is 8.88. The van der Waals surface area contributed by atoms with Crippen molar-refractivity contribution in [2.75, 3.05) is 10.6 Å². The van der Waals surface area contributed by atoms with Gasteiger partial charge in [-0.1, -0.05) is 12.1 Å². The molecule has 2 amide bonds. The molecular weight excluding hydrogens is 359 g/mol. The molecule has 0 saturated heterocycles. The minimum Gasteiger partial charge on any atom is -0.321 e. The normalized spacial score (nSPS) is 13.0. The molecule has 7 heteroatoms. The van der Waals surface area contributed by atoms with Crippen LogP contribution in [0.5, 0.6) is 0 Å². The summed E-state index contributed by atoms with van der Waals surface area (Å²) in [6, 6.07) is 10.9. The van der Waals surface area contributed by atoms with E-state index in [2.05, 4.69) is 20.6 Å². The quantitative estimate of drug-likeness (QED) is 0.708. The molecular formula is C21H17FN4O2. The third-order valence-corrected chi connectivity index (χ3v) is 4.40. The van der Waals surface area contributed by atoms with Gasteiger partial charge in [0, 0.05) is 29.4 Å². The standard InChI is InChI=1S/C21H17FN4O2/c22-17-5-3-13(4-6-17)16-9-18(12-23-11-16)25-21(28)15-7-8-24-19(10-15)26-20(27)14-1-2-14/h3-12,14H,1-2H2,(H,25,28)(H,24,26,27). The first-order chi connectivity index (χ1) is 13.6. The largest absolute Gasteiger partial charge is 0.321 e. The number of halogens is 1. The number of pyridine rings is 2. The van der Waals surface area contributed by atoms with Crippen molar-refractivity contribution < 1.29 is 14.0 Å². The lowest BCUT2D eigenvalue weighted by Gasteiger charge is -2.09. The number of hydrogen-bond donors (Lipinski definition) is 2. The summed E-state index contributed by atoms with van der Waals surface area (Å²) in [6.45, 7) is 0. The van der Waals surface area contributed by atoms with Gasteiger partial charge in [-0.15, -0.1) is 0 Å². The molecule has 3 aromatic rings. The number of amides is 2. The molecule has 0 unspecified atom stereocenters. The molecule has 0 bridgehead atoms. The number of carbonyl (C=O) groups is 2. The topological polar surface area (TPSA) is 84.0 Å². The van der Waals surface area contributed by atoms with E-state index in [-0.39, 0.29) is 23.5 Å². The van der Waals surface area contributed by atoms with Crippen LogP contribution in [0, 0.1) is 11.7 Å². The van der Waals surface area contributed by atoms with Crippen molar-refractivity contribution in [3.8, 4) is 11.1 Å². The van der Waals surface area contributed by atoms with Crippen LogP contribution in [-0.4, -0.2) is 21.8 Å². The van der Waals surface area contributed by atoms with E-state index in [1.807, 2.05) is 0 Å². The number of hydrogen-bond acceptors (Lipinski definition) is 4. The summed E-state index contributed by atoms with van der Waals surface area (Å²) in [6.07, 6.45) is 6.43. The second-order valence-electron chi connectivity index (χ2n) is 6.62. The molecule has 0 atom stereocenters. The Bertz CT molecular complexity index is 1030. The van der Waals surface area contributed by atoms with Crippen molar-refractivity contribution in [1.29, 1.82) is 0 Å². The van der Waals surface area contributed by atoms with Gasteiger partial charge in [-0.05, 0) is 48.7 Å². The third kappa shape index (κ3) is 4.20. The van der Waals surface area contributed by atoms with Gasteiger partial charge in [0.1, 0.15) is 11.6 Å². The van der Waals surface area contributed by atoms with E-state index < -0.39 is 0 Å². The molecule has 28 heavy (non-hydrogen) atoms. The lowest BCUT2D eigenvalue weighted by molar-refractivity contribution is -0.117. The van der Waals surface area contributed by atoms with Gasteiger partial charge in [-0.25, -0.2) is 9.37 Å². The Labute approximate surface area is 160 Å². The highest BCUT2D eigenvalue weighted by Crippen LogP contribution is 2.30. The third-order valence-electron chi connectivity index (χ3n) is 4.40. The maximum atomic E-state index is 13.1. The van der Waals surface area contributed by atoms with Crippen LogP contribution in [-0.2, 0) is 4.79 Å². The van der Waals surface area contributed by atoms with Crippen molar-refractivity contribution in [2.24, 2.45) is 5.92 Å². The minimum atomic E-state index is -0.345. The number of nitrogens with zero attached hydrogens (tertiary/aromatic N) is 2. The maximum absolute atomic E-state index is 13.1. The average molecular weight is 376 g/mol. The molecule has 1 aliphatic carbocycles. The van der Waals surface area contributed by atoms with Crippen LogP contribution in [0.25, 0.3) is 11.1 Å². The van der Waals surface area contributed by atoms with Crippen LogP contribution in [0.3, 0.4) is 0 Å². The van der Waals surface area contributed by atoms with Crippen LogP contribution < -0.4 is 10.6 Å². The monoisotopic (exact) mass is 376 g/mol. The summed E-state index contributed by atoms with van der Waals surface area (Å²) >= 11 is 0. The van der Waals surface area contributed by atoms with E-state index >= 15 is 0 Å². The van der Waals surface area contributed by atoms with E-state index in [1.165, 1.54) is 30.6 Å². The Kier molecular flexibility index (Phi) is 4.80. The van der Waals surface area contributed by atoms with Crippen LogP contribution in [0.1, 0.15) is 23.2 Å². The van der Waals surface area contributed by atoms with Crippen molar-refractivity contribution in [3.63, 3.8) is 0 Å². The van der Waals surface area contributed by atoms with Gasteiger partial charge in [0.2, 0.25) is 5.91 Å². The summed E-state index contributed by atoms with van der Waals surface area (Å²) in [5.74, 6) is -0.325. The molecule has 2 N–H and O–H groups in total. The molecule has 0 aliphatic heterocycles. The Hall–Kier alpha value is -3.61. The number of anilines is 2. The maximum Gasteiger partial charge on any atom is 0.255 e. The van der Waals surface area contributed by atoms with Crippen LogP contribution in [0.2, 0.25) is 0 Å². The van der Waals surface area contributed by atoms with Gasteiger partial charge in [0.25, 0.3) is 5.91 Å². The summed E-state index contributed by atoms with van der Waals surface area (Å²) in [4.78, 5) is 32.6. The molecule has 1 saturated carbocycles. The van der Waals surface area contributed by atoms with E-state index in [0.29, 0.717) is 17.1 Å². The zero-order valence-corrected chi connectivity index (χ0v) is 14.9. The molecule has 6 nitrogen and oxygen atoms in total. The SMILES string of the molecule is O=C(Nc1cncc(-c2ccc(F)cc2)c1)c1ccnc(NC(=O)C2CC2)c1. The number of nitrogens with one attached hydrogen (secondary N) is 2. The second kappa shape index (κ2) is 7.56. The summed E-state index contributed by atoms with van der Waals surface area (Å²) in [5.41, 5.74) is 2.42. The smallest absolute Gasteiger partial charge is 0.255 e. The number of carbonyl (C=O) groups excluding carboxylic acids is 2. The van der Waals surface area contributed by atoms with Crippen molar-refractivity contribution in [3.05, 3.63) is 72.4 Å². The fraction of sp³-hybridized carbons (Fsp3) is 0.143. The molecule has 1 fully saturated rings. The van der Waals surface area contributed by atoms with Crippen molar-refractivity contribution >= 4 is 23.3 Å². The Balaban J connectivity index is 1.48. The molecule has 1 aliphatic rings.